The summed E-state index contributed by atoms with van der Waals surface area (Å²) in [5.41, 5.74) is 2.83. The molecule has 2 heterocycles. The number of H-pyrrole nitrogens is 1. The molecule has 0 aliphatic heterocycles. The van der Waals surface area contributed by atoms with Gasteiger partial charge in [0, 0.05) is 11.6 Å². The zero-order chi connectivity index (χ0) is 15.4. The van der Waals surface area contributed by atoms with E-state index in [1.165, 1.54) is 11.3 Å². The Labute approximate surface area is 133 Å². The van der Waals surface area contributed by atoms with E-state index in [2.05, 4.69) is 15.3 Å². The van der Waals surface area contributed by atoms with Gasteiger partial charge in [0.15, 0.2) is 5.13 Å². The van der Waals surface area contributed by atoms with Gasteiger partial charge >= 0.3 is 0 Å². The SMILES string of the molecule is CC[C@@H](C(=O)Nc1nc(-c2ccc[nH]2)cs1)c1ccccc1. The molecule has 0 aliphatic rings. The molecule has 0 saturated carbocycles. The summed E-state index contributed by atoms with van der Waals surface area (Å²) in [6.07, 6.45) is 2.61. The maximum Gasteiger partial charge on any atom is 0.233 e. The van der Waals surface area contributed by atoms with Crippen LogP contribution in [-0.4, -0.2) is 15.9 Å². The number of carbonyl (C=O) groups is 1. The zero-order valence-corrected chi connectivity index (χ0v) is 13.1. The third kappa shape index (κ3) is 3.09. The summed E-state index contributed by atoms with van der Waals surface area (Å²) in [4.78, 5) is 20.1. The number of hydrogen-bond acceptors (Lipinski definition) is 3. The van der Waals surface area contributed by atoms with Crippen LogP contribution in [0.4, 0.5) is 5.13 Å². The molecule has 2 N–H and O–H groups in total. The Kier molecular flexibility index (Phi) is 4.34. The molecule has 1 aromatic carbocycles. The fourth-order valence-electron chi connectivity index (χ4n) is 2.39. The molecule has 0 radical (unpaired) electrons. The Morgan fingerprint density at radius 2 is 2.09 bits per heavy atom. The quantitative estimate of drug-likeness (QED) is 0.739. The van der Waals surface area contributed by atoms with Crippen molar-refractivity contribution in [2.24, 2.45) is 0 Å². The molecule has 1 amide bonds. The molecule has 4 nitrogen and oxygen atoms in total. The zero-order valence-electron chi connectivity index (χ0n) is 12.2. The van der Waals surface area contributed by atoms with Gasteiger partial charge in [-0.05, 0) is 24.1 Å². The standard InChI is InChI=1S/C17H17N3OS/c1-2-13(12-7-4-3-5-8-12)16(21)20-17-19-15(11-22-17)14-9-6-10-18-14/h3-11,13,18H,2H2,1H3,(H,19,20,21)/t13-/m1/s1. The number of nitrogens with one attached hydrogen (secondary N) is 2. The molecule has 0 aliphatic carbocycles. The van der Waals surface area contributed by atoms with Gasteiger partial charge in [-0.15, -0.1) is 11.3 Å². The van der Waals surface area contributed by atoms with E-state index in [-0.39, 0.29) is 11.8 Å². The molecular weight excluding hydrogens is 294 g/mol. The van der Waals surface area contributed by atoms with Crippen LogP contribution >= 0.6 is 11.3 Å². The number of amides is 1. The molecule has 3 aromatic rings. The number of thiazole rings is 1. The van der Waals surface area contributed by atoms with Gasteiger partial charge in [-0.1, -0.05) is 37.3 Å². The largest absolute Gasteiger partial charge is 0.360 e. The third-order valence-corrected chi connectivity index (χ3v) is 4.29. The first-order valence-corrected chi connectivity index (χ1v) is 8.11. The molecule has 0 spiro atoms. The number of rotatable bonds is 5. The van der Waals surface area contributed by atoms with E-state index in [1.807, 2.05) is 61.0 Å². The first-order chi connectivity index (χ1) is 10.8. The lowest BCUT2D eigenvalue weighted by Crippen LogP contribution is -2.20. The summed E-state index contributed by atoms with van der Waals surface area (Å²) >= 11 is 1.44. The minimum Gasteiger partial charge on any atom is -0.360 e. The van der Waals surface area contributed by atoms with Crippen molar-refractivity contribution in [2.75, 3.05) is 5.32 Å². The van der Waals surface area contributed by atoms with Gasteiger partial charge in [0.25, 0.3) is 0 Å². The van der Waals surface area contributed by atoms with E-state index in [9.17, 15) is 4.79 Å². The second kappa shape index (κ2) is 6.58. The van der Waals surface area contributed by atoms with Crippen LogP contribution < -0.4 is 5.32 Å². The fraction of sp³-hybridized carbons (Fsp3) is 0.176. The smallest absolute Gasteiger partial charge is 0.233 e. The Hall–Kier alpha value is -2.40. The Balaban J connectivity index is 1.73. The van der Waals surface area contributed by atoms with Crippen LogP contribution in [0.5, 0.6) is 0 Å². The van der Waals surface area contributed by atoms with Crippen molar-refractivity contribution in [3.8, 4) is 11.4 Å². The predicted octanol–water partition coefficient (Wildman–Crippen LogP) is 4.27. The van der Waals surface area contributed by atoms with E-state index in [1.54, 1.807) is 0 Å². The van der Waals surface area contributed by atoms with Crippen LogP contribution in [0.3, 0.4) is 0 Å². The molecule has 2 aromatic heterocycles. The maximum absolute atomic E-state index is 12.5. The van der Waals surface area contributed by atoms with Gasteiger partial charge in [-0.3, -0.25) is 4.79 Å². The molecule has 112 valence electrons. The molecule has 0 unspecified atom stereocenters. The van der Waals surface area contributed by atoms with Crippen LogP contribution in [0.25, 0.3) is 11.4 Å². The Bertz CT molecular complexity index is 734. The molecule has 0 bridgehead atoms. The van der Waals surface area contributed by atoms with Crippen molar-refractivity contribution in [3.05, 3.63) is 59.6 Å². The number of nitrogens with zero attached hydrogens (tertiary/aromatic N) is 1. The number of carbonyl (C=O) groups excluding carboxylic acids is 1. The number of hydrogen-bond donors (Lipinski definition) is 2. The van der Waals surface area contributed by atoms with Gasteiger partial charge in [-0.2, -0.15) is 0 Å². The summed E-state index contributed by atoms with van der Waals surface area (Å²) in [5, 5.41) is 5.49. The highest BCUT2D eigenvalue weighted by molar-refractivity contribution is 7.14. The molecule has 5 heteroatoms. The van der Waals surface area contributed by atoms with Gasteiger partial charge in [0.1, 0.15) is 0 Å². The van der Waals surface area contributed by atoms with Crippen molar-refractivity contribution < 1.29 is 4.79 Å². The highest BCUT2D eigenvalue weighted by atomic mass is 32.1. The molecular formula is C17H17N3OS. The minimum absolute atomic E-state index is 0.0129. The normalized spacial score (nSPS) is 12.0. The summed E-state index contributed by atoms with van der Waals surface area (Å²) in [5.74, 6) is -0.167. The van der Waals surface area contributed by atoms with Crippen molar-refractivity contribution in [3.63, 3.8) is 0 Å². The highest BCUT2D eigenvalue weighted by Gasteiger charge is 2.19. The van der Waals surface area contributed by atoms with E-state index in [0.717, 1.165) is 23.4 Å². The molecule has 0 fully saturated rings. The van der Waals surface area contributed by atoms with Crippen molar-refractivity contribution in [2.45, 2.75) is 19.3 Å². The fourth-order valence-corrected chi connectivity index (χ4v) is 3.11. The topological polar surface area (TPSA) is 57.8 Å². The van der Waals surface area contributed by atoms with Crippen LogP contribution in [0, 0.1) is 0 Å². The lowest BCUT2D eigenvalue weighted by molar-refractivity contribution is -0.117. The highest BCUT2D eigenvalue weighted by Crippen LogP contribution is 2.26. The lowest BCUT2D eigenvalue weighted by atomic mass is 9.96. The lowest BCUT2D eigenvalue weighted by Gasteiger charge is -2.14. The molecule has 0 saturated heterocycles. The van der Waals surface area contributed by atoms with Gasteiger partial charge < -0.3 is 10.3 Å². The van der Waals surface area contributed by atoms with Crippen molar-refractivity contribution in [1.82, 2.24) is 9.97 Å². The van der Waals surface area contributed by atoms with E-state index in [4.69, 9.17) is 0 Å². The first-order valence-electron chi connectivity index (χ1n) is 7.23. The van der Waals surface area contributed by atoms with E-state index >= 15 is 0 Å². The average Bonchev–Trinajstić information content (AvgIpc) is 3.20. The van der Waals surface area contributed by atoms with Crippen LogP contribution in [0.2, 0.25) is 0 Å². The monoisotopic (exact) mass is 311 g/mol. The van der Waals surface area contributed by atoms with E-state index < -0.39 is 0 Å². The molecule has 3 rings (SSSR count). The number of aromatic amines is 1. The van der Waals surface area contributed by atoms with Crippen LogP contribution in [0.1, 0.15) is 24.8 Å². The van der Waals surface area contributed by atoms with Gasteiger partial charge in [-0.25, -0.2) is 4.98 Å². The van der Waals surface area contributed by atoms with Crippen molar-refractivity contribution >= 4 is 22.4 Å². The second-order valence-corrected chi connectivity index (χ2v) is 5.84. The number of benzene rings is 1. The maximum atomic E-state index is 12.5. The molecule has 1 atom stereocenters. The first kappa shape index (κ1) is 14.5. The summed E-state index contributed by atoms with van der Waals surface area (Å²) in [6.45, 7) is 2.02. The second-order valence-electron chi connectivity index (χ2n) is 4.98. The van der Waals surface area contributed by atoms with Crippen LogP contribution in [-0.2, 0) is 4.79 Å². The molecule has 22 heavy (non-hydrogen) atoms. The average molecular weight is 311 g/mol. The summed E-state index contributed by atoms with van der Waals surface area (Å²) in [7, 11) is 0. The van der Waals surface area contributed by atoms with E-state index in [0.29, 0.717) is 5.13 Å². The summed E-state index contributed by atoms with van der Waals surface area (Å²) < 4.78 is 0. The number of aromatic nitrogens is 2. The number of anilines is 1. The Morgan fingerprint density at radius 3 is 2.77 bits per heavy atom. The minimum atomic E-state index is -0.154. The third-order valence-electron chi connectivity index (χ3n) is 3.53. The van der Waals surface area contributed by atoms with Gasteiger partial charge in [0.2, 0.25) is 5.91 Å². The van der Waals surface area contributed by atoms with Gasteiger partial charge in [0.05, 0.1) is 17.3 Å². The summed E-state index contributed by atoms with van der Waals surface area (Å²) in [6, 6.07) is 13.7. The van der Waals surface area contributed by atoms with Crippen molar-refractivity contribution in [1.29, 1.82) is 0 Å². The van der Waals surface area contributed by atoms with Crippen LogP contribution in [0.15, 0.2) is 54.0 Å². The Morgan fingerprint density at radius 1 is 1.27 bits per heavy atom. The predicted molar refractivity (Wildman–Crippen MR) is 90.0 cm³/mol.